The molecule has 89 heavy (non-hydrogen) atoms. The number of aliphatic hydroxyl groups excluding tert-OH is 10. The van der Waals surface area contributed by atoms with Crippen molar-refractivity contribution in [2.75, 3.05) is 19.8 Å². The number of rotatable bonds is 19. The Kier molecular flexibility index (Phi) is 30.2. The lowest BCUT2D eigenvalue weighted by Gasteiger charge is -2.52. The van der Waals surface area contributed by atoms with Gasteiger partial charge in [0.05, 0.1) is 50.0 Å². The van der Waals surface area contributed by atoms with Gasteiger partial charge in [-0.25, -0.2) is 4.79 Å². The maximum atomic E-state index is 14.3. The van der Waals surface area contributed by atoms with Gasteiger partial charge in [0.15, 0.2) is 55.9 Å². The van der Waals surface area contributed by atoms with E-state index in [1.807, 2.05) is 0 Å². The van der Waals surface area contributed by atoms with Gasteiger partial charge in [0, 0.05) is 12.0 Å². The van der Waals surface area contributed by atoms with Crippen LogP contribution < -0.4 is 0 Å². The van der Waals surface area contributed by atoms with E-state index < -0.39 is 215 Å². The first-order valence-electron chi connectivity index (χ1n) is 32.0. The first-order valence-corrected chi connectivity index (χ1v) is 32.0. The molecule has 6 rings (SSSR count). The van der Waals surface area contributed by atoms with Gasteiger partial charge >= 0.3 is 23.9 Å². The van der Waals surface area contributed by atoms with Crippen LogP contribution in [0.5, 0.6) is 0 Å². The lowest BCUT2D eigenvalue weighted by Crippen LogP contribution is -2.69. The van der Waals surface area contributed by atoms with E-state index in [1.165, 1.54) is 33.8 Å². The summed E-state index contributed by atoms with van der Waals surface area (Å²) < 4.78 is 89.0. The van der Waals surface area contributed by atoms with Crippen molar-refractivity contribution < 1.29 is 137 Å². The minimum absolute atomic E-state index is 0.0981. The molecule has 0 amide bonds. The van der Waals surface area contributed by atoms with Gasteiger partial charge < -0.3 is 117 Å². The zero-order valence-electron chi connectivity index (χ0n) is 52.8. The maximum Gasteiger partial charge on any atom is 0.333 e. The molecule has 0 spiro atoms. The smallest absolute Gasteiger partial charge is 0.333 e. The Morgan fingerprint density at radius 3 is 1.71 bits per heavy atom. The average Bonchev–Trinajstić information content (AvgIpc) is 1.64. The Balaban J connectivity index is 1.57. The summed E-state index contributed by atoms with van der Waals surface area (Å²) in [6.07, 6.45) is -35.2. The number of carbonyl (C=O) groups excluding carboxylic acids is 4. The molecule has 0 aliphatic carbocycles. The summed E-state index contributed by atoms with van der Waals surface area (Å²) in [7, 11) is 0. The highest BCUT2D eigenvalue weighted by Gasteiger charge is 2.60. The molecule has 10 N–H and O–H groups in total. The summed E-state index contributed by atoms with van der Waals surface area (Å²) in [5.74, 6) is -5.12. The number of unbranched alkanes of at least 4 members (excludes halogenated alkanes) is 2. The van der Waals surface area contributed by atoms with Crippen molar-refractivity contribution in [1.82, 2.24) is 0 Å². The fourth-order valence-electron chi connectivity index (χ4n) is 11.4. The molecule has 28 unspecified atom stereocenters. The van der Waals surface area contributed by atoms with Crippen LogP contribution in [0, 0.1) is 11.8 Å². The molecule has 6 heterocycles. The zero-order valence-corrected chi connectivity index (χ0v) is 52.8. The number of allylic oxidation sites excluding steroid dienone is 1. The number of hydrogen-bond acceptors (Lipinski definition) is 28. The fraction of sp³-hybridized carbons (Fsp3) is 0.902. The van der Waals surface area contributed by atoms with Gasteiger partial charge in [0.25, 0.3) is 0 Å². The summed E-state index contributed by atoms with van der Waals surface area (Å²) in [6, 6.07) is 0. The molecule has 6 aliphatic heterocycles. The number of carbonyl (C=O) groups is 4. The van der Waals surface area contributed by atoms with Gasteiger partial charge in [-0.15, -0.1) is 0 Å². The van der Waals surface area contributed by atoms with E-state index in [4.69, 9.17) is 66.3 Å². The Morgan fingerprint density at radius 1 is 0.528 bits per heavy atom. The predicted molar refractivity (Wildman–Crippen MR) is 306 cm³/mol. The number of hydrogen-bond donors (Lipinski definition) is 10. The second kappa shape index (κ2) is 35.9. The van der Waals surface area contributed by atoms with E-state index in [1.54, 1.807) is 27.7 Å². The number of fused-ring (bicyclic) bond motifs is 4. The van der Waals surface area contributed by atoms with Crippen LogP contribution in [0.15, 0.2) is 11.6 Å². The van der Waals surface area contributed by atoms with Crippen molar-refractivity contribution in [3.63, 3.8) is 0 Å². The largest absolute Gasteiger partial charge is 0.455 e. The Labute approximate surface area is 520 Å². The lowest BCUT2D eigenvalue weighted by molar-refractivity contribution is -0.413. The van der Waals surface area contributed by atoms with Gasteiger partial charge in [0.1, 0.15) is 85.5 Å². The molecule has 514 valence electrons. The molecule has 28 atom stereocenters. The second-order valence-electron chi connectivity index (χ2n) is 24.4. The van der Waals surface area contributed by atoms with Crippen molar-refractivity contribution in [3.8, 4) is 0 Å². The average molecular weight is 1280 g/mol. The first kappa shape index (κ1) is 74.9. The number of ether oxygens (including phenoxy) is 14. The van der Waals surface area contributed by atoms with Crippen LogP contribution in [0.4, 0.5) is 0 Å². The molecule has 6 aliphatic rings. The van der Waals surface area contributed by atoms with Gasteiger partial charge in [-0.3, -0.25) is 14.4 Å². The molecule has 2 bridgehead atoms. The van der Waals surface area contributed by atoms with E-state index in [0.29, 0.717) is 25.7 Å². The van der Waals surface area contributed by atoms with E-state index in [2.05, 4.69) is 6.92 Å². The third kappa shape index (κ3) is 19.3. The van der Waals surface area contributed by atoms with Gasteiger partial charge in [0.2, 0.25) is 0 Å². The standard InChI is InChI=1S/C61H102O28/c1-10-14-20-23-34-24-21-18-16-15-17-19-22-25-38(65)82-51-47(84-55(74)30(6)12-3)41(68)36(27-63)80-60(51)86-48-42(69)37(28-64)81-61(87-49-44(71)39(66)32(8)76-58(49)78-34)52(48)89-59-53(85-56(75)31(7)13-4)50(46(33(9)77-59)83-54(73)29(5)11-2)88-57-45(72)43(70)40(67)35(26-62)79-57/h11,30-37,39-53,57-64,66-72H,10,12-28H2,1-9H3. The molecular weight excluding hydrogens is 1180 g/mol. The zero-order chi connectivity index (χ0) is 65.4. The Morgan fingerprint density at radius 2 is 1.09 bits per heavy atom. The number of esters is 4. The number of aliphatic hydroxyl groups is 10. The maximum absolute atomic E-state index is 14.3. The van der Waals surface area contributed by atoms with Gasteiger partial charge in [-0.05, 0) is 59.8 Å². The van der Waals surface area contributed by atoms with Crippen molar-refractivity contribution in [1.29, 1.82) is 0 Å². The lowest BCUT2D eigenvalue weighted by atomic mass is 9.94. The molecular formula is C61H102O28. The quantitative estimate of drug-likeness (QED) is 0.0371. The third-order valence-electron chi connectivity index (χ3n) is 17.8. The van der Waals surface area contributed by atoms with Crippen molar-refractivity contribution >= 4 is 23.9 Å². The van der Waals surface area contributed by atoms with E-state index in [9.17, 15) is 70.2 Å². The normalized spacial score (nSPS) is 41.6. The van der Waals surface area contributed by atoms with E-state index >= 15 is 0 Å². The molecule has 0 aromatic heterocycles. The predicted octanol–water partition coefficient (Wildman–Crippen LogP) is 0.890. The molecule has 0 aromatic rings. The van der Waals surface area contributed by atoms with E-state index in [0.717, 1.165) is 51.4 Å². The van der Waals surface area contributed by atoms with Crippen LogP contribution in [0.3, 0.4) is 0 Å². The van der Waals surface area contributed by atoms with Crippen LogP contribution in [-0.4, -0.2) is 254 Å². The summed E-state index contributed by atoms with van der Waals surface area (Å²) in [4.78, 5) is 55.8. The highest BCUT2D eigenvalue weighted by Crippen LogP contribution is 2.40. The second-order valence-corrected chi connectivity index (χ2v) is 24.4. The first-order chi connectivity index (χ1) is 42.5. The molecule has 6 fully saturated rings. The van der Waals surface area contributed by atoms with Crippen LogP contribution in [-0.2, 0) is 85.5 Å². The molecule has 0 saturated carbocycles. The van der Waals surface area contributed by atoms with Crippen molar-refractivity contribution in [3.05, 3.63) is 11.6 Å². The monoisotopic (exact) mass is 1280 g/mol. The summed E-state index contributed by atoms with van der Waals surface area (Å²) in [5.41, 5.74) is 0.0981. The van der Waals surface area contributed by atoms with Gasteiger partial charge in [-0.2, -0.15) is 0 Å². The summed E-state index contributed by atoms with van der Waals surface area (Å²) in [5, 5.41) is 113. The van der Waals surface area contributed by atoms with Crippen LogP contribution >= 0.6 is 0 Å². The van der Waals surface area contributed by atoms with Crippen LogP contribution in [0.25, 0.3) is 0 Å². The summed E-state index contributed by atoms with van der Waals surface area (Å²) >= 11 is 0. The highest BCUT2D eigenvalue weighted by atomic mass is 16.8. The minimum atomic E-state index is -2.08. The van der Waals surface area contributed by atoms with E-state index in [-0.39, 0.29) is 24.8 Å². The molecule has 28 nitrogen and oxygen atoms in total. The molecule has 28 heteroatoms. The van der Waals surface area contributed by atoms with Gasteiger partial charge in [-0.1, -0.05) is 98.5 Å². The summed E-state index contributed by atoms with van der Waals surface area (Å²) in [6.45, 7) is 11.7. The van der Waals surface area contributed by atoms with Crippen LogP contribution in [0.1, 0.15) is 159 Å². The van der Waals surface area contributed by atoms with Crippen molar-refractivity contribution in [2.24, 2.45) is 11.8 Å². The Hall–Kier alpha value is -3.18. The highest BCUT2D eigenvalue weighted by molar-refractivity contribution is 5.87. The van der Waals surface area contributed by atoms with Crippen LogP contribution in [0.2, 0.25) is 0 Å². The van der Waals surface area contributed by atoms with Crippen molar-refractivity contribution in [2.45, 2.75) is 318 Å². The molecule has 0 aromatic carbocycles. The minimum Gasteiger partial charge on any atom is -0.455 e. The SMILES string of the molecule is CC=C(C)C(=O)OC1C(C)OC(OC2C3OC(CO)C(O)C2OC2OC(CO)C(O)C(OC(=O)C(C)CC)C2OC(=O)CCCCCCCCCC(CCCCC)OC2OC(C)C(O)C(O)C2O3)C(OC(=O)C(C)CC)C1OC1OC(CO)C(O)C(O)C1O. The fourth-order valence-corrected chi connectivity index (χ4v) is 11.4. The molecule has 0 radical (unpaired) electrons. The Bertz CT molecular complexity index is 2190. The third-order valence-corrected chi connectivity index (χ3v) is 17.8. The topological polar surface area (TPSA) is 400 Å². The molecule has 6 saturated heterocycles.